The van der Waals surface area contributed by atoms with Gasteiger partial charge in [0.05, 0.1) is 30.5 Å². The molecule has 0 bridgehead atoms. The second kappa shape index (κ2) is 13.9. The maximum atomic E-state index is 14.6. The van der Waals surface area contributed by atoms with Crippen LogP contribution in [0, 0.1) is 5.82 Å². The van der Waals surface area contributed by atoms with Gasteiger partial charge in [0.25, 0.3) is 5.56 Å². The Morgan fingerprint density at radius 1 is 1.04 bits per heavy atom. The minimum Gasteiger partial charge on any atom is -0.508 e. The highest BCUT2D eigenvalue weighted by molar-refractivity contribution is 5.77. The van der Waals surface area contributed by atoms with E-state index in [0.717, 1.165) is 54.5 Å². The number of allylic oxidation sites excluding steroid dienone is 2. The number of nitrogens with zero attached hydrogens (tertiary/aromatic N) is 5. The van der Waals surface area contributed by atoms with E-state index < -0.39 is 17.1 Å². The zero-order chi connectivity index (χ0) is 35.1. The summed E-state index contributed by atoms with van der Waals surface area (Å²) in [4.78, 5) is 37.1. The number of aromatic hydroxyl groups is 1. The van der Waals surface area contributed by atoms with Gasteiger partial charge in [-0.1, -0.05) is 24.3 Å². The molecular weight excluding hydrogens is 649 g/mol. The molecule has 4 aliphatic rings. The van der Waals surface area contributed by atoms with Crippen molar-refractivity contribution in [2.24, 2.45) is 0 Å². The van der Waals surface area contributed by atoms with E-state index in [1.165, 1.54) is 20.8 Å². The first-order chi connectivity index (χ1) is 24.8. The number of fused-ring (bicyclic) bond motifs is 2. The molecule has 12 heteroatoms. The summed E-state index contributed by atoms with van der Waals surface area (Å²) in [6.07, 6.45) is 12.5. The summed E-state index contributed by atoms with van der Waals surface area (Å²) in [6.45, 7) is 6.31. The van der Waals surface area contributed by atoms with Crippen molar-refractivity contribution in [2.75, 3.05) is 32.8 Å². The highest BCUT2D eigenvalue weighted by Gasteiger charge is 2.28. The van der Waals surface area contributed by atoms with E-state index in [9.17, 15) is 19.1 Å². The molecule has 1 unspecified atom stereocenters. The van der Waals surface area contributed by atoms with Gasteiger partial charge in [0.15, 0.2) is 5.65 Å². The van der Waals surface area contributed by atoms with Crippen LogP contribution in [0.3, 0.4) is 0 Å². The summed E-state index contributed by atoms with van der Waals surface area (Å²) in [5.74, 6) is -0.460. The number of hydrogen-bond donors (Lipinski definition) is 3. The van der Waals surface area contributed by atoms with E-state index in [2.05, 4.69) is 56.9 Å². The Bertz CT molecular complexity index is 2180. The Kier molecular flexibility index (Phi) is 9.05. The average molecular weight is 692 g/mol. The van der Waals surface area contributed by atoms with Crippen molar-refractivity contribution in [3.05, 3.63) is 123 Å². The van der Waals surface area contributed by atoms with Gasteiger partial charge >= 0.3 is 5.69 Å². The number of ether oxygens (including phenoxy) is 1. The summed E-state index contributed by atoms with van der Waals surface area (Å²) in [7, 11) is 0. The maximum absolute atomic E-state index is 14.6. The Balaban J connectivity index is 1.07. The van der Waals surface area contributed by atoms with Crippen LogP contribution in [0.1, 0.15) is 44.2 Å². The molecule has 0 spiro atoms. The van der Waals surface area contributed by atoms with E-state index in [4.69, 9.17) is 4.74 Å². The number of phenolic OH excluding ortho intramolecular Hbond substituents is 1. The summed E-state index contributed by atoms with van der Waals surface area (Å²) >= 11 is 0. The molecule has 264 valence electrons. The van der Waals surface area contributed by atoms with Gasteiger partial charge in [-0.05, 0) is 91.3 Å². The lowest BCUT2D eigenvalue weighted by molar-refractivity contribution is 0.0342. The van der Waals surface area contributed by atoms with Crippen molar-refractivity contribution < 1.29 is 14.2 Å². The van der Waals surface area contributed by atoms with Crippen LogP contribution < -0.4 is 21.9 Å². The fourth-order valence-electron chi connectivity index (χ4n) is 7.78. The first-order valence-corrected chi connectivity index (χ1v) is 17.7. The smallest absolute Gasteiger partial charge is 0.337 e. The van der Waals surface area contributed by atoms with Crippen molar-refractivity contribution in [2.45, 2.75) is 57.4 Å². The molecule has 8 rings (SSSR count). The average Bonchev–Trinajstić information content (AvgIpc) is 3.54. The second-order valence-electron chi connectivity index (χ2n) is 13.9. The molecule has 1 aliphatic carbocycles. The van der Waals surface area contributed by atoms with E-state index >= 15 is 0 Å². The summed E-state index contributed by atoms with van der Waals surface area (Å²) in [5, 5.41) is 17.6. The molecule has 1 atom stereocenters. The number of phenols is 1. The van der Waals surface area contributed by atoms with E-state index in [1.54, 1.807) is 18.2 Å². The number of hydrogen-bond acceptors (Lipinski definition) is 9. The third-order valence-electron chi connectivity index (χ3n) is 10.4. The largest absolute Gasteiger partial charge is 0.508 e. The fourth-order valence-corrected chi connectivity index (χ4v) is 7.78. The Labute approximate surface area is 295 Å². The molecule has 2 aromatic heterocycles. The van der Waals surface area contributed by atoms with Crippen molar-refractivity contribution >= 4 is 11.0 Å². The molecule has 0 amide bonds. The first-order valence-electron chi connectivity index (χ1n) is 17.7. The van der Waals surface area contributed by atoms with Crippen LogP contribution in [0.25, 0.3) is 27.8 Å². The number of pyridine rings is 1. The quantitative estimate of drug-likeness (QED) is 0.246. The summed E-state index contributed by atoms with van der Waals surface area (Å²) < 4.78 is 22.9. The van der Waals surface area contributed by atoms with Crippen LogP contribution in [0.2, 0.25) is 0 Å². The third kappa shape index (κ3) is 6.74. The van der Waals surface area contributed by atoms with Gasteiger partial charge in [-0.2, -0.15) is 0 Å². The highest BCUT2D eigenvalue weighted by Crippen LogP contribution is 2.31. The molecule has 1 saturated carbocycles. The molecule has 0 radical (unpaired) electrons. The lowest BCUT2D eigenvalue weighted by Crippen LogP contribution is -2.45. The Morgan fingerprint density at radius 2 is 1.86 bits per heavy atom. The van der Waals surface area contributed by atoms with Crippen LogP contribution in [-0.2, 0) is 11.3 Å². The van der Waals surface area contributed by atoms with Crippen molar-refractivity contribution in [1.29, 1.82) is 0 Å². The number of aromatic nitrogens is 3. The van der Waals surface area contributed by atoms with Crippen molar-refractivity contribution in [3.63, 3.8) is 0 Å². The van der Waals surface area contributed by atoms with Gasteiger partial charge in [-0.3, -0.25) is 14.3 Å². The lowest BCUT2D eigenvalue weighted by atomic mass is 9.91. The number of nitrogens with one attached hydrogen (secondary N) is 2. The standard InChI is InChI=1S/C39H42FN7O4/c1-25-5-12-36-43-30(24-45(36)22-25)21-41-29-6-8-31(9-7-29)47-38(49)35-19-28(40)20-42-37(35)46(39(47)50)32-4-2-3-26(17-32)34-11-10-33(48)18-27(34)23-44-13-15-51-16-14-44/h2-5,10-12,17-20,22,24,29,31,36,41,43,48H,6-9,13-16,21,23H2,1H3. The van der Waals surface area contributed by atoms with Crippen molar-refractivity contribution in [3.8, 4) is 22.6 Å². The number of halogens is 1. The first kappa shape index (κ1) is 33.1. The number of morpholine rings is 1. The van der Waals surface area contributed by atoms with Gasteiger partial charge < -0.3 is 25.4 Å². The minimum absolute atomic E-state index is 0.0620. The molecular formula is C39H42FN7O4. The molecule has 2 fully saturated rings. The molecule has 51 heavy (non-hydrogen) atoms. The van der Waals surface area contributed by atoms with Gasteiger partial charge in [0, 0.05) is 56.4 Å². The Hall–Kier alpha value is -5.04. The zero-order valence-corrected chi connectivity index (χ0v) is 28.6. The monoisotopic (exact) mass is 691 g/mol. The number of rotatable bonds is 8. The summed E-state index contributed by atoms with van der Waals surface area (Å²) in [6, 6.07) is 13.9. The lowest BCUT2D eigenvalue weighted by Gasteiger charge is -2.30. The maximum Gasteiger partial charge on any atom is 0.337 e. The van der Waals surface area contributed by atoms with E-state index in [0.29, 0.717) is 44.8 Å². The molecule has 3 aliphatic heterocycles. The van der Waals surface area contributed by atoms with Crippen LogP contribution in [-0.4, -0.2) is 74.1 Å². The third-order valence-corrected chi connectivity index (χ3v) is 10.4. The van der Waals surface area contributed by atoms with Gasteiger partial charge in [0.1, 0.15) is 17.7 Å². The highest BCUT2D eigenvalue weighted by atomic mass is 19.1. The second-order valence-corrected chi connectivity index (χ2v) is 13.9. The molecule has 3 N–H and O–H groups in total. The molecule has 4 aromatic rings. The zero-order valence-electron chi connectivity index (χ0n) is 28.6. The van der Waals surface area contributed by atoms with Crippen LogP contribution >= 0.6 is 0 Å². The fraction of sp³-hybridized carbons (Fsp3) is 0.359. The molecule has 5 heterocycles. The molecule has 1 saturated heterocycles. The van der Waals surface area contributed by atoms with Crippen LogP contribution in [0.5, 0.6) is 5.75 Å². The predicted molar refractivity (Wildman–Crippen MR) is 194 cm³/mol. The topological polar surface area (TPSA) is 117 Å². The van der Waals surface area contributed by atoms with Crippen LogP contribution in [0.15, 0.2) is 100 Å². The number of benzene rings is 2. The normalized spacial score (nSPS) is 22.1. The van der Waals surface area contributed by atoms with E-state index in [1.807, 2.05) is 24.3 Å². The van der Waals surface area contributed by atoms with Gasteiger partial charge in [-0.25, -0.2) is 18.7 Å². The summed E-state index contributed by atoms with van der Waals surface area (Å²) in [5.41, 5.74) is 4.64. The van der Waals surface area contributed by atoms with Crippen LogP contribution in [0.4, 0.5) is 4.39 Å². The molecule has 11 nitrogen and oxygen atoms in total. The van der Waals surface area contributed by atoms with E-state index in [-0.39, 0.29) is 35.0 Å². The Morgan fingerprint density at radius 3 is 2.69 bits per heavy atom. The minimum atomic E-state index is -0.637. The van der Waals surface area contributed by atoms with Gasteiger partial charge in [0.2, 0.25) is 0 Å². The van der Waals surface area contributed by atoms with Gasteiger partial charge in [-0.15, -0.1) is 0 Å². The SMILES string of the molecule is CC1=CN2C=C(CNC3CCC(n4c(=O)c5cc(F)cnc5n(-c5cccc(-c6ccc(O)cc6CN6CCOCC6)c5)c4=O)CC3)NC2C=C1. The predicted octanol–water partition coefficient (Wildman–Crippen LogP) is 4.51. The molecule has 2 aromatic carbocycles. The van der Waals surface area contributed by atoms with Crippen molar-refractivity contribution in [1.82, 2.24) is 34.6 Å².